The summed E-state index contributed by atoms with van der Waals surface area (Å²) in [6.45, 7) is 4.58. The summed E-state index contributed by atoms with van der Waals surface area (Å²) in [7, 11) is 0. The van der Waals surface area contributed by atoms with Crippen LogP contribution in [0.15, 0.2) is 28.9 Å². The number of anilines is 1. The number of aromatic nitrogens is 3. The van der Waals surface area contributed by atoms with Gasteiger partial charge in [0.1, 0.15) is 12.1 Å². The normalized spacial score (nSPS) is 11.2. The lowest BCUT2D eigenvalue weighted by Gasteiger charge is -2.00. The third-order valence-electron chi connectivity index (χ3n) is 3.15. The number of fused-ring (bicyclic) bond motifs is 1. The summed E-state index contributed by atoms with van der Waals surface area (Å²) in [6, 6.07) is 5.55. The average Bonchev–Trinajstić information content (AvgIpc) is 2.89. The van der Waals surface area contributed by atoms with Gasteiger partial charge in [0.15, 0.2) is 5.58 Å². The van der Waals surface area contributed by atoms with Gasteiger partial charge < -0.3 is 14.7 Å². The Morgan fingerprint density at radius 2 is 2.17 bits per heavy atom. The standard InChI is InChI=1S/C13H14N4O/c1-8-9(2)17(7-15-8)6-12-16-13-10(14)4-3-5-11(13)18-12/h3-5,7H,6,14H2,1-2H3. The molecule has 0 saturated heterocycles. The number of para-hydroxylation sites is 1. The van der Waals surface area contributed by atoms with Crippen LogP contribution in [0.2, 0.25) is 0 Å². The van der Waals surface area contributed by atoms with Gasteiger partial charge >= 0.3 is 0 Å². The number of rotatable bonds is 2. The van der Waals surface area contributed by atoms with Crippen LogP contribution in [0.3, 0.4) is 0 Å². The van der Waals surface area contributed by atoms with Crippen LogP contribution in [0.4, 0.5) is 5.69 Å². The van der Waals surface area contributed by atoms with E-state index in [1.54, 1.807) is 6.33 Å². The molecule has 2 aromatic heterocycles. The topological polar surface area (TPSA) is 69.9 Å². The van der Waals surface area contributed by atoms with E-state index in [1.807, 2.05) is 36.6 Å². The molecule has 0 unspecified atom stereocenters. The lowest BCUT2D eigenvalue weighted by Crippen LogP contribution is -2.00. The van der Waals surface area contributed by atoms with E-state index < -0.39 is 0 Å². The van der Waals surface area contributed by atoms with Gasteiger partial charge in [0.2, 0.25) is 5.89 Å². The van der Waals surface area contributed by atoms with Crippen LogP contribution in [-0.2, 0) is 6.54 Å². The van der Waals surface area contributed by atoms with Gasteiger partial charge in [0.25, 0.3) is 0 Å². The van der Waals surface area contributed by atoms with Gasteiger partial charge in [-0.2, -0.15) is 0 Å². The SMILES string of the molecule is Cc1ncn(Cc2nc3c(N)cccc3o2)c1C. The minimum Gasteiger partial charge on any atom is -0.439 e. The number of aryl methyl sites for hydroxylation is 1. The highest BCUT2D eigenvalue weighted by atomic mass is 16.3. The molecule has 0 aliphatic carbocycles. The van der Waals surface area contributed by atoms with Gasteiger partial charge in [0, 0.05) is 5.69 Å². The molecule has 1 aromatic carbocycles. The fraction of sp³-hybridized carbons (Fsp3) is 0.231. The molecule has 0 fully saturated rings. The Labute approximate surface area is 104 Å². The number of hydrogen-bond donors (Lipinski definition) is 1. The molecule has 0 spiro atoms. The summed E-state index contributed by atoms with van der Waals surface area (Å²) >= 11 is 0. The van der Waals surface area contributed by atoms with Crippen molar-refractivity contribution in [3.8, 4) is 0 Å². The Kier molecular flexibility index (Phi) is 2.33. The summed E-state index contributed by atoms with van der Waals surface area (Å²) in [4.78, 5) is 8.67. The van der Waals surface area contributed by atoms with Crippen LogP contribution in [-0.4, -0.2) is 14.5 Å². The molecule has 0 aliphatic rings. The molecular weight excluding hydrogens is 228 g/mol. The highest BCUT2D eigenvalue weighted by molar-refractivity contribution is 5.85. The van der Waals surface area contributed by atoms with E-state index in [4.69, 9.17) is 10.2 Å². The second-order valence-corrected chi connectivity index (χ2v) is 4.34. The summed E-state index contributed by atoms with van der Waals surface area (Å²) in [6.07, 6.45) is 1.79. The van der Waals surface area contributed by atoms with E-state index in [0.29, 0.717) is 18.1 Å². The third kappa shape index (κ3) is 1.64. The monoisotopic (exact) mass is 242 g/mol. The van der Waals surface area contributed by atoms with Crippen molar-refractivity contribution in [2.75, 3.05) is 5.73 Å². The Morgan fingerprint density at radius 3 is 2.83 bits per heavy atom. The first-order chi connectivity index (χ1) is 8.65. The predicted molar refractivity (Wildman–Crippen MR) is 69.2 cm³/mol. The predicted octanol–water partition coefficient (Wildman–Crippen LogP) is 2.27. The maximum absolute atomic E-state index is 5.86. The Hall–Kier alpha value is -2.30. The molecule has 0 amide bonds. The van der Waals surface area contributed by atoms with Crippen LogP contribution in [0, 0.1) is 13.8 Å². The number of benzene rings is 1. The molecule has 2 N–H and O–H groups in total. The van der Waals surface area contributed by atoms with E-state index in [2.05, 4.69) is 9.97 Å². The maximum atomic E-state index is 5.86. The molecule has 3 aromatic rings. The average molecular weight is 242 g/mol. The van der Waals surface area contributed by atoms with Crippen molar-refractivity contribution in [1.29, 1.82) is 0 Å². The molecule has 3 rings (SSSR count). The van der Waals surface area contributed by atoms with E-state index in [-0.39, 0.29) is 0 Å². The fourth-order valence-corrected chi connectivity index (χ4v) is 1.93. The van der Waals surface area contributed by atoms with E-state index >= 15 is 0 Å². The van der Waals surface area contributed by atoms with Gasteiger partial charge in [-0.3, -0.25) is 0 Å². The quantitative estimate of drug-likeness (QED) is 0.700. The first-order valence-electron chi connectivity index (χ1n) is 5.77. The lowest BCUT2D eigenvalue weighted by molar-refractivity contribution is 0.506. The minimum atomic E-state index is 0.570. The van der Waals surface area contributed by atoms with Crippen molar-refractivity contribution in [3.05, 3.63) is 41.8 Å². The molecule has 5 heteroatoms. The minimum absolute atomic E-state index is 0.570. The highest BCUT2D eigenvalue weighted by Crippen LogP contribution is 2.21. The summed E-state index contributed by atoms with van der Waals surface area (Å²) in [5.41, 5.74) is 10.1. The van der Waals surface area contributed by atoms with Crippen molar-refractivity contribution < 1.29 is 4.42 Å². The maximum Gasteiger partial charge on any atom is 0.215 e. The van der Waals surface area contributed by atoms with Gasteiger partial charge in [-0.05, 0) is 26.0 Å². The Bertz CT molecular complexity index is 711. The number of nitrogen functional groups attached to an aromatic ring is 1. The second kappa shape index (κ2) is 3.87. The number of hydrogen-bond acceptors (Lipinski definition) is 4. The summed E-state index contributed by atoms with van der Waals surface area (Å²) in [5, 5.41) is 0. The Morgan fingerprint density at radius 1 is 1.33 bits per heavy atom. The highest BCUT2D eigenvalue weighted by Gasteiger charge is 2.10. The van der Waals surface area contributed by atoms with Crippen LogP contribution < -0.4 is 5.73 Å². The fourth-order valence-electron chi connectivity index (χ4n) is 1.93. The third-order valence-corrected chi connectivity index (χ3v) is 3.15. The molecule has 5 nitrogen and oxygen atoms in total. The number of nitrogens with zero attached hydrogens (tertiary/aromatic N) is 3. The molecule has 0 bridgehead atoms. The second-order valence-electron chi connectivity index (χ2n) is 4.34. The summed E-state index contributed by atoms with van der Waals surface area (Å²) < 4.78 is 7.69. The van der Waals surface area contributed by atoms with Crippen molar-refractivity contribution >= 4 is 16.8 Å². The van der Waals surface area contributed by atoms with Gasteiger partial charge in [-0.1, -0.05) is 6.07 Å². The van der Waals surface area contributed by atoms with Crippen LogP contribution in [0.5, 0.6) is 0 Å². The molecule has 0 aliphatic heterocycles. The van der Waals surface area contributed by atoms with Crippen molar-refractivity contribution in [1.82, 2.24) is 14.5 Å². The van der Waals surface area contributed by atoms with Gasteiger partial charge in [-0.15, -0.1) is 0 Å². The van der Waals surface area contributed by atoms with E-state index in [1.165, 1.54) is 0 Å². The zero-order valence-electron chi connectivity index (χ0n) is 10.3. The number of imidazole rings is 1. The first kappa shape index (κ1) is 10.8. The van der Waals surface area contributed by atoms with Crippen molar-refractivity contribution in [3.63, 3.8) is 0 Å². The molecule has 18 heavy (non-hydrogen) atoms. The van der Waals surface area contributed by atoms with Gasteiger partial charge in [0.05, 0.1) is 17.7 Å². The van der Waals surface area contributed by atoms with Crippen LogP contribution >= 0.6 is 0 Å². The first-order valence-corrected chi connectivity index (χ1v) is 5.77. The largest absolute Gasteiger partial charge is 0.439 e. The summed E-state index contributed by atoms with van der Waals surface area (Å²) in [5.74, 6) is 0.642. The van der Waals surface area contributed by atoms with Crippen molar-refractivity contribution in [2.45, 2.75) is 20.4 Å². The Balaban J connectivity index is 2.00. The molecule has 0 atom stereocenters. The molecule has 0 radical (unpaired) electrons. The molecular formula is C13H14N4O. The number of oxazole rings is 1. The smallest absolute Gasteiger partial charge is 0.215 e. The number of nitrogens with two attached hydrogens (primary N) is 1. The van der Waals surface area contributed by atoms with E-state index in [0.717, 1.165) is 22.5 Å². The molecule has 0 saturated carbocycles. The van der Waals surface area contributed by atoms with E-state index in [9.17, 15) is 0 Å². The van der Waals surface area contributed by atoms with Crippen molar-refractivity contribution in [2.24, 2.45) is 0 Å². The van der Waals surface area contributed by atoms with Crippen LogP contribution in [0.25, 0.3) is 11.1 Å². The molecule has 92 valence electrons. The van der Waals surface area contributed by atoms with Crippen LogP contribution in [0.1, 0.15) is 17.3 Å². The molecule has 2 heterocycles. The zero-order valence-corrected chi connectivity index (χ0v) is 10.3. The van der Waals surface area contributed by atoms with Gasteiger partial charge in [-0.25, -0.2) is 9.97 Å². The zero-order chi connectivity index (χ0) is 12.7. The lowest BCUT2D eigenvalue weighted by atomic mass is 10.3.